The lowest BCUT2D eigenvalue weighted by atomic mass is 9.77. The lowest BCUT2D eigenvalue weighted by Gasteiger charge is -2.37. The number of rotatable bonds is 6. The van der Waals surface area contributed by atoms with Gasteiger partial charge in [-0.1, -0.05) is 109 Å². The van der Waals surface area contributed by atoms with Gasteiger partial charge in [-0.2, -0.15) is 13.2 Å². The highest BCUT2D eigenvalue weighted by atomic mass is 19.4. The van der Waals surface area contributed by atoms with E-state index in [0.717, 1.165) is 16.7 Å². The fourth-order valence-electron chi connectivity index (χ4n) is 3.73. The summed E-state index contributed by atoms with van der Waals surface area (Å²) in [6.07, 6.45) is -4.70. The highest BCUT2D eigenvalue weighted by molar-refractivity contribution is 5.89. The summed E-state index contributed by atoms with van der Waals surface area (Å²) >= 11 is 0. The Morgan fingerprint density at radius 3 is 1.27 bits per heavy atom. The molecule has 0 fully saturated rings. The molecule has 0 atom stereocenters. The Balaban J connectivity index is 1.86. The fraction of sp³-hybridized carbons (Fsp3) is 0.0741. The van der Waals surface area contributed by atoms with Crippen LogP contribution >= 0.6 is 0 Å². The van der Waals surface area contributed by atoms with Gasteiger partial charge >= 0.3 is 6.18 Å². The van der Waals surface area contributed by atoms with E-state index in [9.17, 15) is 13.2 Å². The van der Waals surface area contributed by atoms with Crippen LogP contribution in [0, 0.1) is 0 Å². The minimum atomic E-state index is -4.70. The van der Waals surface area contributed by atoms with Crippen molar-refractivity contribution in [2.24, 2.45) is 4.99 Å². The largest absolute Gasteiger partial charge is 0.450 e. The first-order valence-electron chi connectivity index (χ1n) is 10.4. The zero-order valence-corrected chi connectivity index (χ0v) is 17.6. The zero-order chi connectivity index (χ0) is 23.2. The third kappa shape index (κ3) is 4.96. The number of benzene rings is 4. The van der Waals surface area contributed by atoms with Gasteiger partial charge in [-0.05, 0) is 28.8 Å². The van der Waals surface area contributed by atoms with Gasteiger partial charge < -0.3 is 5.43 Å². The van der Waals surface area contributed by atoms with Gasteiger partial charge in [0.1, 0.15) is 5.54 Å². The van der Waals surface area contributed by atoms with Gasteiger partial charge in [-0.3, -0.25) is 0 Å². The van der Waals surface area contributed by atoms with Crippen molar-refractivity contribution in [3.05, 3.63) is 138 Å². The highest BCUT2D eigenvalue weighted by Gasteiger charge is 2.41. The summed E-state index contributed by atoms with van der Waals surface area (Å²) in [7, 11) is 0. The van der Waals surface area contributed by atoms with E-state index in [-0.39, 0.29) is 5.69 Å². The average Bonchev–Trinajstić information content (AvgIpc) is 2.86. The van der Waals surface area contributed by atoms with Crippen LogP contribution in [-0.2, 0) is 5.54 Å². The molecule has 0 unspecified atom stereocenters. The lowest BCUT2D eigenvalue weighted by Crippen LogP contribution is -2.56. The van der Waals surface area contributed by atoms with E-state index in [4.69, 9.17) is 0 Å². The van der Waals surface area contributed by atoms with Crippen LogP contribution in [0.2, 0.25) is 0 Å². The van der Waals surface area contributed by atoms with Crippen LogP contribution in [0.5, 0.6) is 0 Å². The van der Waals surface area contributed by atoms with Crippen LogP contribution in [0.1, 0.15) is 16.7 Å². The number of alkyl halides is 3. The van der Waals surface area contributed by atoms with Crippen molar-refractivity contribution in [2.75, 3.05) is 0 Å². The molecule has 4 aromatic rings. The molecule has 0 aliphatic carbocycles. The summed E-state index contributed by atoms with van der Waals surface area (Å²) in [4.78, 5) is 3.83. The molecule has 0 aromatic heterocycles. The minimum absolute atomic E-state index is 0.198. The van der Waals surface area contributed by atoms with Gasteiger partial charge in [0, 0.05) is 0 Å². The third-order valence-corrected chi connectivity index (χ3v) is 5.25. The zero-order valence-electron chi connectivity index (χ0n) is 17.6. The molecule has 0 aliphatic rings. The monoisotopic (exact) mass is 445 g/mol. The van der Waals surface area contributed by atoms with Crippen molar-refractivity contribution in [3.8, 4) is 0 Å². The first-order chi connectivity index (χ1) is 16.0. The van der Waals surface area contributed by atoms with Gasteiger partial charge in [0.15, 0.2) is 0 Å². The molecule has 33 heavy (non-hydrogen) atoms. The molecule has 0 saturated carbocycles. The number of nitrogens with one attached hydrogen (secondary N) is 2. The molecule has 6 heteroatoms. The normalized spacial score (nSPS) is 12.4. The number of hydrazine groups is 1. The van der Waals surface area contributed by atoms with Gasteiger partial charge in [0.25, 0.3) is 0 Å². The lowest BCUT2D eigenvalue weighted by molar-refractivity contribution is -0.0627. The Kier molecular flexibility index (Phi) is 6.56. The van der Waals surface area contributed by atoms with Crippen molar-refractivity contribution in [1.82, 2.24) is 10.9 Å². The molecule has 0 heterocycles. The van der Waals surface area contributed by atoms with Gasteiger partial charge in [0.2, 0.25) is 5.84 Å². The molecule has 0 radical (unpaired) electrons. The maximum atomic E-state index is 14.0. The standard InChI is InChI=1S/C27H22F3N3/c28-27(29,30)25(31-24-19-11-4-12-20-24)32-33-26(21-13-5-1-6-14-21,22-15-7-2-8-16-22)23-17-9-3-10-18-23/h1-20,33H,(H,31,32). The van der Waals surface area contributed by atoms with Crippen LogP contribution in [0.3, 0.4) is 0 Å². The van der Waals surface area contributed by atoms with E-state index < -0.39 is 17.6 Å². The molecule has 2 N–H and O–H groups in total. The second kappa shape index (κ2) is 9.71. The summed E-state index contributed by atoms with van der Waals surface area (Å²) in [6.45, 7) is 0. The summed E-state index contributed by atoms with van der Waals surface area (Å²) in [5.74, 6) is -1.14. The Hall–Kier alpha value is -3.90. The van der Waals surface area contributed by atoms with E-state index >= 15 is 0 Å². The average molecular weight is 445 g/mol. The predicted octanol–water partition coefficient (Wildman–Crippen LogP) is 6.37. The molecule has 0 bridgehead atoms. The first-order valence-corrected chi connectivity index (χ1v) is 10.4. The maximum absolute atomic E-state index is 14.0. The number of hydrogen-bond donors (Lipinski definition) is 2. The van der Waals surface area contributed by atoms with Gasteiger partial charge in [-0.15, -0.1) is 0 Å². The molecule has 0 spiro atoms. The minimum Gasteiger partial charge on any atom is -0.300 e. The molecular formula is C27H22F3N3. The molecule has 4 aromatic carbocycles. The molecule has 0 aliphatic heterocycles. The van der Waals surface area contributed by atoms with Gasteiger partial charge in [-0.25, -0.2) is 10.4 Å². The molecule has 3 nitrogen and oxygen atoms in total. The predicted molar refractivity (Wildman–Crippen MR) is 125 cm³/mol. The molecule has 0 amide bonds. The fourth-order valence-corrected chi connectivity index (χ4v) is 3.73. The summed E-state index contributed by atoms with van der Waals surface area (Å²) < 4.78 is 41.9. The molecular weight excluding hydrogens is 423 g/mol. The smallest absolute Gasteiger partial charge is 0.300 e. The van der Waals surface area contributed by atoms with Crippen molar-refractivity contribution in [2.45, 2.75) is 11.7 Å². The van der Waals surface area contributed by atoms with Crippen molar-refractivity contribution in [1.29, 1.82) is 0 Å². The van der Waals surface area contributed by atoms with Crippen LogP contribution in [0.15, 0.2) is 126 Å². The Morgan fingerprint density at radius 1 is 0.545 bits per heavy atom. The number of para-hydroxylation sites is 1. The van der Waals surface area contributed by atoms with Crippen molar-refractivity contribution in [3.63, 3.8) is 0 Å². The summed E-state index contributed by atoms with van der Waals surface area (Å²) in [5, 5.41) is 0. The summed E-state index contributed by atoms with van der Waals surface area (Å²) in [6, 6.07) is 36.1. The Labute approximate surface area is 190 Å². The van der Waals surface area contributed by atoms with E-state index in [1.807, 2.05) is 91.0 Å². The van der Waals surface area contributed by atoms with Crippen LogP contribution < -0.4 is 10.9 Å². The number of hydrogen-bond acceptors (Lipinski definition) is 2. The van der Waals surface area contributed by atoms with Gasteiger partial charge in [0.05, 0.1) is 5.69 Å². The molecule has 4 rings (SSSR count). The second-order valence-electron chi connectivity index (χ2n) is 7.39. The van der Waals surface area contributed by atoms with Crippen molar-refractivity contribution >= 4 is 11.5 Å². The Morgan fingerprint density at radius 2 is 0.909 bits per heavy atom. The first kappa shape index (κ1) is 22.3. The van der Waals surface area contributed by atoms with E-state index in [2.05, 4.69) is 15.8 Å². The second-order valence-corrected chi connectivity index (χ2v) is 7.39. The van der Waals surface area contributed by atoms with Crippen LogP contribution in [-0.4, -0.2) is 12.0 Å². The molecule has 166 valence electrons. The van der Waals surface area contributed by atoms with E-state index in [1.165, 1.54) is 12.1 Å². The number of aliphatic imine (C=N–C) groups is 1. The van der Waals surface area contributed by atoms with Crippen LogP contribution in [0.4, 0.5) is 18.9 Å². The van der Waals surface area contributed by atoms with Crippen LogP contribution in [0.25, 0.3) is 0 Å². The maximum Gasteiger partial charge on any atom is 0.450 e. The van der Waals surface area contributed by atoms with E-state index in [1.54, 1.807) is 18.2 Å². The quantitative estimate of drug-likeness (QED) is 0.157. The summed E-state index contributed by atoms with van der Waals surface area (Å²) in [5.41, 5.74) is 6.83. The number of halogens is 3. The SMILES string of the molecule is FC(F)(F)C(=Nc1ccccc1)NNC(c1ccccc1)(c1ccccc1)c1ccccc1. The van der Waals surface area contributed by atoms with E-state index in [0.29, 0.717) is 0 Å². The molecule has 0 saturated heterocycles. The Bertz CT molecular complexity index is 1080. The number of amidine groups is 1. The third-order valence-electron chi connectivity index (χ3n) is 5.25. The highest BCUT2D eigenvalue weighted by Crippen LogP contribution is 2.36. The topological polar surface area (TPSA) is 36.4 Å². The van der Waals surface area contributed by atoms with Crippen molar-refractivity contribution < 1.29 is 13.2 Å². The number of nitrogens with zero attached hydrogens (tertiary/aromatic N) is 1.